The van der Waals surface area contributed by atoms with Crippen LogP contribution in [0.3, 0.4) is 0 Å². The Hall–Kier alpha value is -1.39. The summed E-state index contributed by atoms with van der Waals surface area (Å²) < 4.78 is 10.7. The number of carbonyl (C=O) groups excluding carboxylic acids is 1. The molecule has 0 saturated carbocycles. The van der Waals surface area contributed by atoms with Gasteiger partial charge in [-0.15, -0.1) is 0 Å². The van der Waals surface area contributed by atoms with E-state index >= 15 is 0 Å². The zero-order valence-electron chi connectivity index (χ0n) is 12.2. The number of hydrogen-bond acceptors (Lipinski definition) is 4. The molecule has 0 amide bonds. The van der Waals surface area contributed by atoms with Crippen molar-refractivity contribution < 1.29 is 14.3 Å². The van der Waals surface area contributed by atoms with Crippen LogP contribution in [0.15, 0.2) is 30.3 Å². The van der Waals surface area contributed by atoms with Crippen molar-refractivity contribution in [1.29, 1.82) is 0 Å². The van der Waals surface area contributed by atoms with E-state index in [9.17, 15) is 4.79 Å². The van der Waals surface area contributed by atoms with E-state index in [1.165, 1.54) is 12.7 Å². The predicted octanol–water partition coefficient (Wildman–Crippen LogP) is 2.40. The summed E-state index contributed by atoms with van der Waals surface area (Å²) in [5.74, 6) is -0.133. The number of hydrogen-bond donors (Lipinski definition) is 0. The Morgan fingerprint density at radius 2 is 2.10 bits per heavy atom. The molecule has 1 saturated heterocycles. The second kappa shape index (κ2) is 7.41. The average Bonchev–Trinajstić information content (AvgIpc) is 2.47. The summed E-state index contributed by atoms with van der Waals surface area (Å²) in [6.45, 7) is 4.81. The van der Waals surface area contributed by atoms with Gasteiger partial charge in [-0.2, -0.15) is 0 Å². The monoisotopic (exact) mass is 277 g/mol. The van der Waals surface area contributed by atoms with Crippen LogP contribution in [-0.4, -0.2) is 43.7 Å². The molecule has 2 unspecified atom stereocenters. The van der Waals surface area contributed by atoms with Crippen LogP contribution < -0.4 is 0 Å². The Morgan fingerprint density at radius 1 is 1.35 bits per heavy atom. The molecule has 20 heavy (non-hydrogen) atoms. The molecule has 0 bridgehead atoms. The van der Waals surface area contributed by atoms with Gasteiger partial charge in [-0.3, -0.25) is 9.69 Å². The van der Waals surface area contributed by atoms with Gasteiger partial charge in [0, 0.05) is 19.5 Å². The molecule has 1 aromatic rings. The first-order chi connectivity index (χ1) is 9.69. The minimum atomic E-state index is -0.133. The first-order valence-electron chi connectivity index (χ1n) is 7.18. The minimum absolute atomic E-state index is 0.123. The molecule has 0 aromatic heterocycles. The topological polar surface area (TPSA) is 38.8 Å². The maximum Gasteiger partial charge on any atom is 0.305 e. The Bertz CT molecular complexity index is 421. The summed E-state index contributed by atoms with van der Waals surface area (Å²) in [5, 5.41) is 0. The predicted molar refractivity (Wildman–Crippen MR) is 77.4 cm³/mol. The highest BCUT2D eigenvalue weighted by Crippen LogP contribution is 2.25. The molecule has 4 heteroatoms. The van der Waals surface area contributed by atoms with Crippen molar-refractivity contribution in [2.24, 2.45) is 0 Å². The third-order valence-corrected chi connectivity index (χ3v) is 3.59. The first-order valence-corrected chi connectivity index (χ1v) is 7.18. The zero-order chi connectivity index (χ0) is 14.4. The standard InChI is InChI=1S/C16H23NO3/c1-13-11-17(10-6-9-16(18)19-2)12-15(20-13)14-7-4-3-5-8-14/h3-5,7-8,13,15H,6,9-12H2,1-2H3. The molecule has 1 fully saturated rings. The lowest BCUT2D eigenvalue weighted by Crippen LogP contribution is -2.43. The quantitative estimate of drug-likeness (QED) is 0.775. The van der Waals surface area contributed by atoms with E-state index in [4.69, 9.17) is 4.74 Å². The first kappa shape index (κ1) is 15.0. The number of esters is 1. The molecule has 4 nitrogen and oxygen atoms in total. The molecule has 2 atom stereocenters. The van der Waals surface area contributed by atoms with Gasteiger partial charge in [-0.1, -0.05) is 30.3 Å². The van der Waals surface area contributed by atoms with Crippen LogP contribution in [0.4, 0.5) is 0 Å². The van der Waals surface area contributed by atoms with Gasteiger partial charge in [-0.05, 0) is 25.5 Å². The molecule has 1 heterocycles. The van der Waals surface area contributed by atoms with Gasteiger partial charge in [0.25, 0.3) is 0 Å². The maximum atomic E-state index is 11.1. The lowest BCUT2D eigenvalue weighted by atomic mass is 10.1. The van der Waals surface area contributed by atoms with Gasteiger partial charge < -0.3 is 9.47 Å². The van der Waals surface area contributed by atoms with Gasteiger partial charge in [0.2, 0.25) is 0 Å². The third kappa shape index (κ3) is 4.32. The Balaban J connectivity index is 1.86. The fraction of sp³-hybridized carbons (Fsp3) is 0.562. The minimum Gasteiger partial charge on any atom is -0.469 e. The Kier molecular flexibility index (Phi) is 5.56. The van der Waals surface area contributed by atoms with Crippen LogP contribution >= 0.6 is 0 Å². The van der Waals surface area contributed by atoms with Gasteiger partial charge in [0.15, 0.2) is 0 Å². The molecule has 1 aromatic carbocycles. The summed E-state index contributed by atoms with van der Waals surface area (Å²) in [6, 6.07) is 10.3. The number of benzene rings is 1. The van der Waals surface area contributed by atoms with Crippen LogP contribution in [0.5, 0.6) is 0 Å². The molecule has 0 aliphatic carbocycles. The van der Waals surface area contributed by atoms with Crippen LogP contribution in [0.2, 0.25) is 0 Å². The zero-order valence-corrected chi connectivity index (χ0v) is 12.2. The van der Waals surface area contributed by atoms with Crippen molar-refractivity contribution in [2.45, 2.75) is 32.0 Å². The molecule has 1 aliphatic rings. The van der Waals surface area contributed by atoms with Crippen molar-refractivity contribution in [3.05, 3.63) is 35.9 Å². The van der Waals surface area contributed by atoms with Gasteiger partial charge in [0.05, 0.1) is 19.3 Å². The van der Waals surface area contributed by atoms with Crippen molar-refractivity contribution in [2.75, 3.05) is 26.7 Å². The summed E-state index contributed by atoms with van der Waals surface area (Å²) in [7, 11) is 1.44. The fourth-order valence-electron chi connectivity index (χ4n) is 2.62. The highest BCUT2D eigenvalue weighted by molar-refractivity contribution is 5.69. The van der Waals surface area contributed by atoms with E-state index < -0.39 is 0 Å². The van der Waals surface area contributed by atoms with Crippen molar-refractivity contribution in [3.63, 3.8) is 0 Å². The maximum absolute atomic E-state index is 11.1. The molecule has 0 spiro atoms. The normalized spacial score (nSPS) is 23.5. The van der Waals surface area contributed by atoms with Crippen molar-refractivity contribution in [3.8, 4) is 0 Å². The molecular weight excluding hydrogens is 254 g/mol. The van der Waals surface area contributed by atoms with E-state index in [2.05, 4.69) is 28.7 Å². The largest absolute Gasteiger partial charge is 0.469 e. The Labute approximate surface area is 120 Å². The SMILES string of the molecule is COC(=O)CCCN1CC(C)OC(c2ccccc2)C1. The van der Waals surface area contributed by atoms with E-state index in [1.54, 1.807) is 0 Å². The lowest BCUT2D eigenvalue weighted by molar-refractivity contribution is -0.140. The number of rotatable bonds is 5. The Morgan fingerprint density at radius 3 is 2.80 bits per heavy atom. The van der Waals surface area contributed by atoms with Crippen LogP contribution in [-0.2, 0) is 14.3 Å². The summed E-state index contributed by atoms with van der Waals surface area (Å²) in [5.41, 5.74) is 1.22. The smallest absolute Gasteiger partial charge is 0.305 e. The van der Waals surface area contributed by atoms with Gasteiger partial charge in [0.1, 0.15) is 0 Å². The molecule has 2 rings (SSSR count). The summed E-state index contributed by atoms with van der Waals surface area (Å²) in [6.07, 6.45) is 1.66. The van der Waals surface area contributed by atoms with Crippen LogP contribution in [0, 0.1) is 0 Å². The number of morpholine rings is 1. The number of methoxy groups -OCH3 is 1. The summed E-state index contributed by atoms with van der Waals surface area (Å²) >= 11 is 0. The van der Waals surface area contributed by atoms with Crippen molar-refractivity contribution in [1.82, 2.24) is 4.90 Å². The van der Waals surface area contributed by atoms with Crippen LogP contribution in [0.25, 0.3) is 0 Å². The number of ether oxygens (including phenoxy) is 2. The van der Waals surface area contributed by atoms with E-state index in [0.717, 1.165) is 26.1 Å². The second-order valence-electron chi connectivity index (χ2n) is 5.29. The summed E-state index contributed by atoms with van der Waals surface area (Å²) in [4.78, 5) is 13.5. The van der Waals surface area contributed by atoms with E-state index in [1.807, 2.05) is 18.2 Å². The molecule has 0 radical (unpaired) electrons. The van der Waals surface area contributed by atoms with Gasteiger partial charge >= 0.3 is 5.97 Å². The van der Waals surface area contributed by atoms with Crippen molar-refractivity contribution >= 4 is 5.97 Å². The highest BCUT2D eigenvalue weighted by atomic mass is 16.5. The highest BCUT2D eigenvalue weighted by Gasteiger charge is 2.25. The van der Waals surface area contributed by atoms with Gasteiger partial charge in [-0.25, -0.2) is 0 Å². The molecule has 1 aliphatic heterocycles. The molecule has 0 N–H and O–H groups in total. The second-order valence-corrected chi connectivity index (χ2v) is 5.29. The molecule has 110 valence electrons. The number of nitrogens with zero attached hydrogens (tertiary/aromatic N) is 1. The van der Waals surface area contributed by atoms with Crippen LogP contribution in [0.1, 0.15) is 31.4 Å². The average molecular weight is 277 g/mol. The van der Waals surface area contributed by atoms with E-state index in [-0.39, 0.29) is 18.2 Å². The number of carbonyl (C=O) groups is 1. The lowest BCUT2D eigenvalue weighted by Gasteiger charge is -2.37. The van der Waals surface area contributed by atoms with E-state index in [0.29, 0.717) is 6.42 Å². The fourth-order valence-corrected chi connectivity index (χ4v) is 2.62. The third-order valence-electron chi connectivity index (χ3n) is 3.59. The molecular formula is C16H23NO3.